The summed E-state index contributed by atoms with van der Waals surface area (Å²) in [7, 11) is 2.01. The number of rotatable bonds is 38. The fourth-order valence-corrected chi connectivity index (χ4v) is 6.49. The van der Waals surface area contributed by atoms with Gasteiger partial charge in [-0.15, -0.1) is 5.92 Å². The largest absolute Gasteiger partial charge is 0.465 e. The van der Waals surface area contributed by atoms with E-state index in [1.165, 1.54) is 77.0 Å². The molecule has 0 aliphatic heterocycles. The van der Waals surface area contributed by atoms with Gasteiger partial charge in [0.2, 0.25) is 0 Å². The van der Waals surface area contributed by atoms with E-state index in [4.69, 9.17) is 9.47 Å². The molecule has 0 saturated heterocycles. The molecule has 2 atom stereocenters. The first-order chi connectivity index (χ1) is 25.4. The molecule has 8 heteroatoms. The first-order valence-corrected chi connectivity index (χ1v) is 21.9. The van der Waals surface area contributed by atoms with Crippen molar-refractivity contribution in [3.8, 4) is 11.8 Å². The Morgan fingerprint density at radius 1 is 0.596 bits per heavy atom. The summed E-state index contributed by atoms with van der Waals surface area (Å²) < 4.78 is 11.1. The zero-order valence-electron chi connectivity index (χ0n) is 34.6. The van der Waals surface area contributed by atoms with Crippen LogP contribution in [0.25, 0.3) is 0 Å². The molecule has 0 aromatic heterocycles. The minimum Gasteiger partial charge on any atom is -0.465 e. The van der Waals surface area contributed by atoms with Crippen molar-refractivity contribution in [1.29, 1.82) is 0 Å². The van der Waals surface area contributed by atoms with Gasteiger partial charge < -0.3 is 24.6 Å². The molecule has 0 spiro atoms. The van der Waals surface area contributed by atoms with E-state index in [-0.39, 0.29) is 30.9 Å². The Hall–Kier alpha value is -1.66. The van der Waals surface area contributed by atoms with Gasteiger partial charge in [0.05, 0.1) is 31.8 Å². The van der Waals surface area contributed by atoms with E-state index >= 15 is 0 Å². The van der Waals surface area contributed by atoms with Crippen LogP contribution in [0.15, 0.2) is 0 Å². The van der Waals surface area contributed by atoms with Crippen molar-refractivity contribution in [2.75, 3.05) is 59.6 Å². The monoisotopic (exact) mass is 737 g/mol. The highest BCUT2D eigenvalue weighted by Crippen LogP contribution is 2.21. The first-order valence-electron chi connectivity index (χ1n) is 21.9. The maximum atomic E-state index is 13.0. The van der Waals surface area contributed by atoms with Gasteiger partial charge in [-0.1, -0.05) is 129 Å². The van der Waals surface area contributed by atoms with E-state index in [0.717, 1.165) is 96.7 Å². The number of likely N-dealkylation sites (N-methyl/N-ethyl adjacent to an activating group) is 1. The van der Waals surface area contributed by atoms with Gasteiger partial charge in [0.1, 0.15) is 6.42 Å². The van der Waals surface area contributed by atoms with Crippen LogP contribution >= 0.6 is 0 Å². The topological polar surface area (TPSA) is 99.5 Å². The quantitative estimate of drug-likeness (QED) is 0.0368. The van der Waals surface area contributed by atoms with E-state index in [1.54, 1.807) is 0 Å². The molecule has 0 aliphatic rings. The lowest BCUT2D eigenvalue weighted by Crippen LogP contribution is -2.39. The summed E-state index contributed by atoms with van der Waals surface area (Å²) in [5.41, 5.74) is 0. The number of esters is 2. The van der Waals surface area contributed by atoms with Gasteiger partial charge in [-0.2, -0.15) is 0 Å². The molecule has 0 amide bonds. The number of unbranched alkanes of at least 4 members (excludes halogenated alkanes) is 17. The minimum absolute atomic E-state index is 0.0171. The third-order valence-corrected chi connectivity index (χ3v) is 9.97. The molecule has 0 aromatic rings. The molecule has 8 nitrogen and oxygen atoms in total. The predicted molar refractivity (Wildman–Crippen MR) is 217 cm³/mol. The van der Waals surface area contributed by atoms with Crippen LogP contribution in [0.5, 0.6) is 0 Å². The zero-order valence-corrected chi connectivity index (χ0v) is 34.6. The van der Waals surface area contributed by atoms with Crippen molar-refractivity contribution in [1.82, 2.24) is 9.80 Å². The number of aliphatic hydroxyl groups is 2. The van der Waals surface area contributed by atoms with Crippen molar-refractivity contribution in [2.45, 2.75) is 194 Å². The molecule has 0 heterocycles. The molecule has 0 aromatic carbocycles. The van der Waals surface area contributed by atoms with Crippen molar-refractivity contribution in [3.63, 3.8) is 0 Å². The van der Waals surface area contributed by atoms with E-state index in [9.17, 15) is 19.8 Å². The molecule has 0 bridgehead atoms. The lowest BCUT2D eigenvalue weighted by molar-refractivity contribution is -0.149. The fourth-order valence-electron chi connectivity index (χ4n) is 6.49. The van der Waals surface area contributed by atoms with Crippen molar-refractivity contribution < 1.29 is 29.3 Å². The van der Waals surface area contributed by atoms with Crippen LogP contribution < -0.4 is 0 Å². The fraction of sp³-hybridized carbons (Fsp3) is 0.909. The average Bonchev–Trinajstić information content (AvgIpc) is 3.13. The number of nitrogens with zero attached hydrogens (tertiary/aromatic N) is 2. The second kappa shape index (κ2) is 39.0. The number of ether oxygens (including phenoxy) is 2. The molecule has 0 aliphatic carbocycles. The van der Waals surface area contributed by atoms with E-state index in [2.05, 4.69) is 42.4 Å². The highest BCUT2D eigenvalue weighted by Gasteiger charge is 2.19. The summed E-state index contributed by atoms with van der Waals surface area (Å²) in [6.45, 7) is 11.5. The average molecular weight is 737 g/mol. The summed E-state index contributed by atoms with van der Waals surface area (Å²) in [4.78, 5) is 29.4. The molecule has 306 valence electrons. The minimum atomic E-state index is -0.437. The van der Waals surface area contributed by atoms with Gasteiger partial charge in [0.25, 0.3) is 0 Å². The van der Waals surface area contributed by atoms with Gasteiger partial charge in [0.15, 0.2) is 0 Å². The Morgan fingerprint density at radius 2 is 1.13 bits per heavy atom. The Bertz CT molecular complexity index is 859. The zero-order chi connectivity index (χ0) is 38.3. The number of hydrogen-bond donors (Lipinski definition) is 2. The van der Waals surface area contributed by atoms with E-state index in [1.807, 2.05) is 7.05 Å². The van der Waals surface area contributed by atoms with Gasteiger partial charge in [0, 0.05) is 32.6 Å². The van der Waals surface area contributed by atoms with Gasteiger partial charge in [-0.05, 0) is 65.0 Å². The SMILES string of the molecule is CCCCCCCC#CCC(=O)OCCCCC(O)CN(CCCCCCOC(=O)C(CCCCCC)CCCCCCCC)CCN(C)CCO. The van der Waals surface area contributed by atoms with Crippen LogP contribution in [0.4, 0.5) is 0 Å². The normalized spacial score (nSPS) is 12.5. The van der Waals surface area contributed by atoms with Crippen LogP contribution in [0.2, 0.25) is 0 Å². The van der Waals surface area contributed by atoms with Crippen LogP contribution in [0, 0.1) is 17.8 Å². The predicted octanol–water partition coefficient (Wildman–Crippen LogP) is 9.48. The lowest BCUT2D eigenvalue weighted by atomic mass is 9.94. The van der Waals surface area contributed by atoms with Crippen molar-refractivity contribution in [3.05, 3.63) is 0 Å². The molecule has 0 rings (SSSR count). The molecule has 52 heavy (non-hydrogen) atoms. The highest BCUT2D eigenvalue weighted by atomic mass is 16.5. The van der Waals surface area contributed by atoms with E-state index < -0.39 is 6.10 Å². The Morgan fingerprint density at radius 3 is 1.81 bits per heavy atom. The maximum Gasteiger partial charge on any atom is 0.317 e. The summed E-state index contributed by atoms with van der Waals surface area (Å²) in [5.74, 6) is 5.83. The van der Waals surface area contributed by atoms with Gasteiger partial charge >= 0.3 is 11.9 Å². The molecule has 0 saturated carbocycles. The number of aliphatic hydroxyl groups excluding tert-OH is 2. The summed E-state index contributed by atoms with van der Waals surface area (Å²) in [6.07, 6.45) is 27.0. The molecule has 2 N–H and O–H groups in total. The third-order valence-electron chi connectivity index (χ3n) is 9.97. The second-order valence-corrected chi connectivity index (χ2v) is 15.1. The summed E-state index contributed by atoms with van der Waals surface area (Å²) >= 11 is 0. The lowest BCUT2D eigenvalue weighted by Gasteiger charge is -2.27. The van der Waals surface area contributed by atoms with Crippen molar-refractivity contribution >= 4 is 11.9 Å². The van der Waals surface area contributed by atoms with Crippen LogP contribution in [0.1, 0.15) is 188 Å². The van der Waals surface area contributed by atoms with Crippen molar-refractivity contribution in [2.24, 2.45) is 5.92 Å². The maximum absolute atomic E-state index is 13.0. The van der Waals surface area contributed by atoms with Crippen LogP contribution in [-0.4, -0.2) is 97.6 Å². The molecular weight excluding hydrogens is 652 g/mol. The standard InChI is InChI=1S/C44H84N2O6/c1-5-8-11-14-16-17-19-24-32-43(49)51-38-28-25-31-42(48)40-46(35-34-45(4)36-37-47)33-26-20-21-27-39-52-44(50)41(29-22-13-10-7-3)30-23-18-15-12-9-6-2/h41-42,47-48H,5-18,20-23,25-40H2,1-4H3. The molecule has 0 radical (unpaired) electrons. The Kier molecular flexibility index (Phi) is 37.8. The number of carbonyl (C=O) groups is 2. The molecular formula is C44H84N2O6. The second-order valence-electron chi connectivity index (χ2n) is 15.1. The Labute approximate surface area is 321 Å². The van der Waals surface area contributed by atoms with Gasteiger partial charge in [-0.3, -0.25) is 14.5 Å². The number of carbonyl (C=O) groups excluding carboxylic acids is 2. The molecule has 0 fully saturated rings. The van der Waals surface area contributed by atoms with Crippen LogP contribution in [-0.2, 0) is 19.1 Å². The summed E-state index contributed by atoms with van der Waals surface area (Å²) in [6, 6.07) is 0. The van der Waals surface area contributed by atoms with Gasteiger partial charge in [-0.25, -0.2) is 0 Å². The number of hydrogen-bond acceptors (Lipinski definition) is 8. The Balaban J connectivity index is 4.41. The third kappa shape index (κ3) is 34.1. The highest BCUT2D eigenvalue weighted by molar-refractivity contribution is 5.72. The van der Waals surface area contributed by atoms with E-state index in [0.29, 0.717) is 32.7 Å². The smallest absolute Gasteiger partial charge is 0.317 e. The van der Waals surface area contributed by atoms with Crippen LogP contribution in [0.3, 0.4) is 0 Å². The first kappa shape index (κ1) is 50.3. The summed E-state index contributed by atoms with van der Waals surface area (Å²) in [5, 5.41) is 20.1. The molecule has 2 unspecified atom stereocenters.